The third-order valence-corrected chi connectivity index (χ3v) is 2.87. The lowest BCUT2D eigenvalue weighted by molar-refractivity contribution is 1.31. The van der Waals surface area contributed by atoms with Gasteiger partial charge in [0.05, 0.1) is 17.6 Å². The Labute approximate surface area is 107 Å². The van der Waals surface area contributed by atoms with Crippen LogP contribution in [-0.2, 0) is 0 Å². The number of benzene rings is 1. The molecule has 0 amide bonds. The summed E-state index contributed by atoms with van der Waals surface area (Å²) < 4.78 is 0.888. The summed E-state index contributed by atoms with van der Waals surface area (Å²) in [6.07, 6.45) is 1.60. The van der Waals surface area contributed by atoms with Crippen molar-refractivity contribution in [3.05, 3.63) is 46.0 Å². The number of aromatic nitrogens is 1. The minimum Gasteiger partial charge on any atom is -0.397 e. The van der Waals surface area contributed by atoms with Gasteiger partial charge in [0.25, 0.3) is 0 Å². The van der Waals surface area contributed by atoms with Gasteiger partial charge in [-0.25, -0.2) is 4.98 Å². The molecule has 0 bridgehead atoms. The fraction of sp³-hybridized carbons (Fsp3) is 0. The lowest BCUT2D eigenvalue weighted by Crippen LogP contribution is -1.95. The summed E-state index contributed by atoms with van der Waals surface area (Å²) in [6.45, 7) is 0. The van der Waals surface area contributed by atoms with E-state index in [-0.39, 0.29) is 0 Å². The summed E-state index contributed by atoms with van der Waals surface area (Å²) in [7, 11) is 0. The summed E-state index contributed by atoms with van der Waals surface area (Å²) in [4.78, 5) is 4.15. The van der Waals surface area contributed by atoms with Crippen LogP contribution < -0.4 is 11.1 Å². The van der Waals surface area contributed by atoms with Crippen molar-refractivity contribution in [1.82, 2.24) is 4.98 Å². The van der Waals surface area contributed by atoms with Crippen molar-refractivity contribution in [3.63, 3.8) is 0 Å². The summed E-state index contributed by atoms with van der Waals surface area (Å²) in [5.41, 5.74) is 7.10. The van der Waals surface area contributed by atoms with E-state index in [1.807, 2.05) is 24.3 Å². The van der Waals surface area contributed by atoms with Gasteiger partial charge in [0.1, 0.15) is 5.82 Å². The van der Waals surface area contributed by atoms with Crippen LogP contribution >= 0.6 is 27.5 Å². The zero-order chi connectivity index (χ0) is 11.5. The van der Waals surface area contributed by atoms with Gasteiger partial charge in [-0.2, -0.15) is 0 Å². The van der Waals surface area contributed by atoms with Crippen LogP contribution in [-0.4, -0.2) is 4.98 Å². The van der Waals surface area contributed by atoms with Crippen molar-refractivity contribution in [2.45, 2.75) is 0 Å². The molecule has 0 atom stereocenters. The van der Waals surface area contributed by atoms with Gasteiger partial charge >= 0.3 is 0 Å². The Balaban J connectivity index is 2.23. The van der Waals surface area contributed by atoms with Crippen molar-refractivity contribution < 1.29 is 0 Å². The Morgan fingerprint density at radius 3 is 2.69 bits per heavy atom. The fourth-order valence-electron chi connectivity index (χ4n) is 1.21. The molecular formula is C11H9BrClN3. The fourth-order valence-corrected chi connectivity index (χ4v) is 1.99. The highest BCUT2D eigenvalue weighted by Crippen LogP contribution is 2.28. The van der Waals surface area contributed by atoms with Crippen molar-refractivity contribution in [3.8, 4) is 0 Å². The van der Waals surface area contributed by atoms with Crippen LogP contribution in [0.25, 0.3) is 0 Å². The third-order valence-electron chi connectivity index (χ3n) is 1.98. The van der Waals surface area contributed by atoms with Gasteiger partial charge < -0.3 is 11.1 Å². The number of hydrogen-bond acceptors (Lipinski definition) is 3. The summed E-state index contributed by atoms with van der Waals surface area (Å²) >= 11 is 9.27. The first-order valence-corrected chi connectivity index (χ1v) is 5.76. The molecule has 0 saturated heterocycles. The van der Waals surface area contributed by atoms with Crippen LogP contribution in [0.4, 0.5) is 17.2 Å². The third kappa shape index (κ3) is 2.65. The number of nitrogens with zero attached hydrogens (tertiary/aromatic N) is 1. The first kappa shape index (κ1) is 11.2. The highest BCUT2D eigenvalue weighted by atomic mass is 79.9. The molecule has 0 spiro atoms. The molecule has 1 heterocycles. The molecule has 0 fully saturated rings. The van der Waals surface area contributed by atoms with Gasteiger partial charge in [0.2, 0.25) is 0 Å². The Kier molecular flexibility index (Phi) is 3.31. The predicted octanol–water partition coefficient (Wildman–Crippen LogP) is 3.82. The van der Waals surface area contributed by atoms with Crippen LogP contribution in [0.1, 0.15) is 0 Å². The maximum Gasteiger partial charge on any atom is 0.130 e. The second-order valence-corrected chi connectivity index (χ2v) is 4.52. The molecule has 5 heteroatoms. The smallest absolute Gasteiger partial charge is 0.130 e. The summed E-state index contributed by atoms with van der Waals surface area (Å²) in [6, 6.07) is 9.12. The van der Waals surface area contributed by atoms with Gasteiger partial charge in [-0.3, -0.25) is 0 Å². The maximum atomic E-state index is 5.85. The molecule has 82 valence electrons. The van der Waals surface area contributed by atoms with Gasteiger partial charge in [-0.05, 0) is 46.3 Å². The first-order valence-electron chi connectivity index (χ1n) is 4.59. The number of pyridine rings is 1. The molecule has 0 aliphatic rings. The number of anilines is 3. The van der Waals surface area contributed by atoms with E-state index >= 15 is 0 Å². The molecule has 0 radical (unpaired) electrons. The minimum atomic E-state index is 0.640. The lowest BCUT2D eigenvalue weighted by atomic mass is 10.3. The van der Waals surface area contributed by atoms with E-state index in [2.05, 4.69) is 26.2 Å². The first-order chi connectivity index (χ1) is 7.65. The average Bonchev–Trinajstić information content (AvgIpc) is 2.25. The molecule has 3 nitrogen and oxygen atoms in total. The average molecular weight is 299 g/mol. The second kappa shape index (κ2) is 4.72. The van der Waals surface area contributed by atoms with Crippen molar-refractivity contribution >= 4 is 44.7 Å². The summed E-state index contributed by atoms with van der Waals surface area (Å²) in [5, 5.41) is 3.84. The van der Waals surface area contributed by atoms with E-state index in [1.54, 1.807) is 12.3 Å². The Hall–Kier alpha value is -1.26. The number of nitrogens with one attached hydrogen (secondary N) is 1. The maximum absolute atomic E-state index is 5.85. The van der Waals surface area contributed by atoms with Gasteiger partial charge in [0, 0.05) is 9.50 Å². The van der Waals surface area contributed by atoms with E-state index in [0.29, 0.717) is 10.7 Å². The Morgan fingerprint density at radius 1 is 1.25 bits per heavy atom. The number of rotatable bonds is 2. The quantitative estimate of drug-likeness (QED) is 0.886. The number of halogens is 2. The van der Waals surface area contributed by atoms with Crippen LogP contribution in [0.15, 0.2) is 41.0 Å². The molecule has 0 aliphatic carbocycles. The van der Waals surface area contributed by atoms with E-state index in [9.17, 15) is 0 Å². The molecule has 2 rings (SSSR count). The van der Waals surface area contributed by atoms with Crippen LogP contribution in [0.2, 0.25) is 5.02 Å². The van der Waals surface area contributed by atoms with Gasteiger partial charge in [-0.15, -0.1) is 0 Å². The summed E-state index contributed by atoms with van der Waals surface area (Å²) in [5.74, 6) is 0.734. The van der Waals surface area contributed by atoms with E-state index in [1.165, 1.54) is 0 Å². The van der Waals surface area contributed by atoms with E-state index in [0.717, 1.165) is 16.0 Å². The van der Waals surface area contributed by atoms with Crippen LogP contribution in [0, 0.1) is 0 Å². The monoisotopic (exact) mass is 297 g/mol. The molecule has 1 aromatic heterocycles. The Morgan fingerprint density at radius 2 is 2.06 bits per heavy atom. The Bertz CT molecular complexity index is 499. The lowest BCUT2D eigenvalue weighted by Gasteiger charge is -2.07. The van der Waals surface area contributed by atoms with Gasteiger partial charge in [-0.1, -0.05) is 11.6 Å². The number of nitrogens with two attached hydrogens (primary N) is 1. The van der Waals surface area contributed by atoms with Gasteiger partial charge in [0.15, 0.2) is 0 Å². The molecular weight excluding hydrogens is 289 g/mol. The zero-order valence-corrected chi connectivity index (χ0v) is 10.6. The number of nitrogen functional groups attached to an aromatic ring is 1. The molecule has 1 aromatic carbocycles. The topological polar surface area (TPSA) is 50.9 Å². The molecule has 0 aliphatic heterocycles. The zero-order valence-electron chi connectivity index (χ0n) is 8.24. The van der Waals surface area contributed by atoms with E-state index < -0.39 is 0 Å². The molecule has 0 saturated carbocycles. The standard InChI is InChI=1S/C11H9BrClN3/c12-9-5-7(13)1-3-10(9)16-11-4-2-8(14)6-15-11/h1-6H,14H2,(H,15,16). The normalized spacial score (nSPS) is 10.1. The molecule has 0 unspecified atom stereocenters. The number of hydrogen-bond donors (Lipinski definition) is 2. The molecule has 3 N–H and O–H groups in total. The van der Waals surface area contributed by atoms with E-state index in [4.69, 9.17) is 17.3 Å². The predicted molar refractivity (Wildman–Crippen MR) is 71.1 cm³/mol. The highest BCUT2D eigenvalue weighted by molar-refractivity contribution is 9.10. The van der Waals surface area contributed by atoms with Crippen molar-refractivity contribution in [2.75, 3.05) is 11.1 Å². The largest absolute Gasteiger partial charge is 0.397 e. The van der Waals surface area contributed by atoms with Crippen molar-refractivity contribution in [1.29, 1.82) is 0 Å². The SMILES string of the molecule is Nc1ccc(Nc2ccc(Cl)cc2Br)nc1. The van der Waals surface area contributed by atoms with Crippen LogP contribution in [0.3, 0.4) is 0 Å². The highest BCUT2D eigenvalue weighted by Gasteiger charge is 2.01. The molecule has 2 aromatic rings. The van der Waals surface area contributed by atoms with Crippen LogP contribution in [0.5, 0.6) is 0 Å². The minimum absolute atomic E-state index is 0.640. The molecule has 16 heavy (non-hydrogen) atoms. The van der Waals surface area contributed by atoms with Crippen molar-refractivity contribution in [2.24, 2.45) is 0 Å². The second-order valence-electron chi connectivity index (χ2n) is 3.23.